The zero-order valence-corrected chi connectivity index (χ0v) is 12.7. The molecule has 2 saturated heterocycles. The molecule has 2 unspecified atom stereocenters. The molecule has 0 bridgehead atoms. The van der Waals surface area contributed by atoms with Crippen LogP contribution >= 0.6 is 11.8 Å². The van der Waals surface area contributed by atoms with Gasteiger partial charge >= 0.3 is 0 Å². The first-order valence-electron chi connectivity index (χ1n) is 7.37. The number of halogens is 1. The van der Waals surface area contributed by atoms with Crippen LogP contribution in [-0.2, 0) is 4.74 Å². The van der Waals surface area contributed by atoms with Gasteiger partial charge in [-0.05, 0) is 18.6 Å². The van der Waals surface area contributed by atoms with Gasteiger partial charge in [0, 0.05) is 30.2 Å². The molecule has 2 aliphatic rings. The molecule has 1 aromatic carbocycles. The third-order valence-corrected chi connectivity index (χ3v) is 5.61. The minimum atomic E-state index is -0.421. The summed E-state index contributed by atoms with van der Waals surface area (Å²) in [4.78, 5) is 21.9. The molecule has 1 amide bonds. The van der Waals surface area contributed by atoms with Gasteiger partial charge in [-0.2, -0.15) is 11.8 Å². The van der Waals surface area contributed by atoms with Crippen molar-refractivity contribution < 1.29 is 13.9 Å². The zero-order chi connectivity index (χ0) is 15.1. The molecule has 1 N–H and O–H groups in total. The van der Waals surface area contributed by atoms with Crippen LogP contribution in [-0.4, -0.2) is 57.6 Å². The fourth-order valence-corrected chi connectivity index (χ4v) is 4.57. The van der Waals surface area contributed by atoms with Crippen molar-refractivity contribution in [1.82, 2.24) is 14.9 Å². The second-order valence-corrected chi connectivity index (χ2v) is 6.94. The van der Waals surface area contributed by atoms with Gasteiger partial charge in [0.1, 0.15) is 11.3 Å². The molecular weight excluding hydrogens is 305 g/mol. The normalized spacial score (nSPS) is 25.2. The number of rotatable bonds is 1. The van der Waals surface area contributed by atoms with Crippen LogP contribution in [0.15, 0.2) is 18.5 Å². The van der Waals surface area contributed by atoms with Crippen LogP contribution in [0, 0.1) is 5.82 Å². The Morgan fingerprint density at radius 2 is 2.41 bits per heavy atom. The molecule has 2 fully saturated rings. The summed E-state index contributed by atoms with van der Waals surface area (Å²) in [6.07, 6.45) is 2.33. The van der Waals surface area contributed by atoms with E-state index in [9.17, 15) is 9.18 Å². The Bertz CT molecular complexity index is 718. The highest BCUT2D eigenvalue weighted by atomic mass is 32.2. The van der Waals surface area contributed by atoms with Gasteiger partial charge in [-0.15, -0.1) is 0 Å². The molecule has 2 aromatic rings. The number of fused-ring (bicyclic) bond motifs is 2. The van der Waals surface area contributed by atoms with Crippen LogP contribution in [0.2, 0.25) is 0 Å². The molecule has 2 aliphatic heterocycles. The quantitative estimate of drug-likeness (QED) is 0.873. The van der Waals surface area contributed by atoms with Gasteiger partial charge in [0.05, 0.1) is 24.0 Å². The highest BCUT2D eigenvalue weighted by Gasteiger charge is 2.37. The molecule has 0 spiro atoms. The van der Waals surface area contributed by atoms with Crippen molar-refractivity contribution in [3.05, 3.63) is 29.8 Å². The third-order valence-electron chi connectivity index (χ3n) is 4.31. The fourth-order valence-electron chi connectivity index (χ4n) is 3.27. The lowest BCUT2D eigenvalue weighted by Gasteiger charge is -2.43. The van der Waals surface area contributed by atoms with Crippen molar-refractivity contribution in [2.24, 2.45) is 0 Å². The second-order valence-electron chi connectivity index (χ2n) is 5.59. The molecule has 4 rings (SSSR count). The SMILES string of the molecule is O=C(c1cc(F)cc2[nH]cnc12)N1CCSC2COCCC21. The number of amides is 1. The number of nitrogens with zero attached hydrogens (tertiary/aromatic N) is 2. The minimum absolute atomic E-state index is 0.131. The van der Waals surface area contributed by atoms with Crippen LogP contribution in [0.4, 0.5) is 4.39 Å². The van der Waals surface area contributed by atoms with E-state index in [-0.39, 0.29) is 11.9 Å². The van der Waals surface area contributed by atoms with Crippen LogP contribution in [0.1, 0.15) is 16.8 Å². The van der Waals surface area contributed by atoms with Crippen molar-refractivity contribution in [2.45, 2.75) is 17.7 Å². The van der Waals surface area contributed by atoms with Crippen molar-refractivity contribution in [3.63, 3.8) is 0 Å². The number of thioether (sulfide) groups is 1. The van der Waals surface area contributed by atoms with Gasteiger partial charge in [-0.25, -0.2) is 9.37 Å². The number of carbonyl (C=O) groups excluding carboxylic acids is 1. The number of hydrogen-bond acceptors (Lipinski definition) is 4. The average molecular weight is 321 g/mol. The minimum Gasteiger partial charge on any atom is -0.380 e. The average Bonchev–Trinajstić information content (AvgIpc) is 3.01. The fraction of sp³-hybridized carbons (Fsp3) is 0.467. The molecule has 7 heteroatoms. The summed E-state index contributed by atoms with van der Waals surface area (Å²) in [5, 5.41) is 0.315. The molecule has 1 aromatic heterocycles. The monoisotopic (exact) mass is 321 g/mol. The van der Waals surface area contributed by atoms with E-state index in [0.29, 0.717) is 41.6 Å². The number of hydrogen-bond donors (Lipinski definition) is 1. The molecule has 0 aliphatic carbocycles. The number of ether oxygens (including phenoxy) is 1. The van der Waals surface area contributed by atoms with Gasteiger partial charge in [-0.1, -0.05) is 0 Å². The first kappa shape index (κ1) is 14.0. The lowest BCUT2D eigenvalue weighted by Crippen LogP contribution is -2.54. The Labute approximate surface area is 131 Å². The number of carbonyl (C=O) groups is 1. The highest BCUT2D eigenvalue weighted by molar-refractivity contribution is 8.00. The molecule has 0 saturated carbocycles. The molecule has 3 heterocycles. The second kappa shape index (κ2) is 5.55. The summed E-state index contributed by atoms with van der Waals surface area (Å²) in [5.41, 5.74) is 1.43. The maximum atomic E-state index is 13.8. The van der Waals surface area contributed by atoms with Crippen molar-refractivity contribution in [1.29, 1.82) is 0 Å². The van der Waals surface area contributed by atoms with Gasteiger partial charge in [0.2, 0.25) is 0 Å². The third kappa shape index (κ3) is 2.28. The van der Waals surface area contributed by atoms with E-state index in [1.54, 1.807) is 0 Å². The van der Waals surface area contributed by atoms with E-state index in [0.717, 1.165) is 12.2 Å². The molecule has 116 valence electrons. The summed E-state index contributed by atoms with van der Waals surface area (Å²) in [5.74, 6) is 0.332. The maximum Gasteiger partial charge on any atom is 0.256 e. The molecule has 22 heavy (non-hydrogen) atoms. The van der Waals surface area contributed by atoms with E-state index in [4.69, 9.17) is 4.74 Å². The highest BCUT2D eigenvalue weighted by Crippen LogP contribution is 2.32. The Kier molecular flexibility index (Phi) is 3.54. The van der Waals surface area contributed by atoms with Crippen LogP contribution in [0.3, 0.4) is 0 Å². The Morgan fingerprint density at radius 3 is 3.32 bits per heavy atom. The van der Waals surface area contributed by atoms with Crippen LogP contribution in [0.5, 0.6) is 0 Å². The number of nitrogens with one attached hydrogen (secondary N) is 1. The van der Waals surface area contributed by atoms with Crippen molar-refractivity contribution in [3.8, 4) is 0 Å². The van der Waals surface area contributed by atoms with E-state index < -0.39 is 5.82 Å². The summed E-state index contributed by atoms with van der Waals surface area (Å²) in [6.45, 7) is 2.04. The Morgan fingerprint density at radius 1 is 1.50 bits per heavy atom. The molecule has 2 atom stereocenters. The molecular formula is C15H16FN3O2S. The lowest BCUT2D eigenvalue weighted by atomic mass is 10.0. The van der Waals surface area contributed by atoms with Gasteiger partial charge in [0.15, 0.2) is 0 Å². The largest absolute Gasteiger partial charge is 0.380 e. The number of H-pyrrole nitrogens is 1. The number of aromatic amines is 1. The maximum absolute atomic E-state index is 13.8. The first-order chi connectivity index (χ1) is 10.7. The van der Waals surface area contributed by atoms with Gasteiger partial charge < -0.3 is 14.6 Å². The topological polar surface area (TPSA) is 58.2 Å². The first-order valence-corrected chi connectivity index (χ1v) is 8.42. The Hall–Kier alpha value is -1.60. The molecule has 0 radical (unpaired) electrons. The number of imidazole rings is 1. The summed E-state index contributed by atoms with van der Waals surface area (Å²) in [7, 11) is 0. The molecule has 5 nitrogen and oxygen atoms in total. The predicted molar refractivity (Wildman–Crippen MR) is 82.6 cm³/mol. The summed E-state index contributed by atoms with van der Waals surface area (Å²) < 4.78 is 19.3. The van der Waals surface area contributed by atoms with Crippen LogP contribution < -0.4 is 0 Å². The summed E-state index contributed by atoms with van der Waals surface area (Å²) >= 11 is 1.86. The van der Waals surface area contributed by atoms with Crippen LogP contribution in [0.25, 0.3) is 11.0 Å². The van der Waals surface area contributed by atoms with Crippen molar-refractivity contribution >= 4 is 28.7 Å². The standard InChI is InChI=1S/C15H16FN3O2S/c16-9-5-10(14-11(6-9)17-8-18-14)15(20)19-2-4-22-13-7-21-3-1-12(13)19/h5-6,8,12-13H,1-4,7H2,(H,17,18). The van der Waals surface area contributed by atoms with Crippen molar-refractivity contribution in [2.75, 3.05) is 25.5 Å². The van der Waals surface area contributed by atoms with Gasteiger partial charge in [0.25, 0.3) is 5.91 Å². The Balaban J connectivity index is 1.71. The lowest BCUT2D eigenvalue weighted by molar-refractivity contribution is 0.0320. The predicted octanol–water partition coefficient (Wildman–Crippen LogP) is 2.05. The summed E-state index contributed by atoms with van der Waals surface area (Å²) in [6, 6.07) is 2.82. The van der Waals surface area contributed by atoms with E-state index in [2.05, 4.69) is 9.97 Å². The van der Waals surface area contributed by atoms with E-state index in [1.165, 1.54) is 18.5 Å². The number of benzene rings is 1. The number of aromatic nitrogens is 2. The van der Waals surface area contributed by atoms with E-state index in [1.807, 2.05) is 16.7 Å². The van der Waals surface area contributed by atoms with E-state index >= 15 is 0 Å². The smallest absolute Gasteiger partial charge is 0.256 e. The van der Waals surface area contributed by atoms with Gasteiger partial charge in [-0.3, -0.25) is 4.79 Å². The zero-order valence-electron chi connectivity index (χ0n) is 11.9.